The minimum Gasteiger partial charge on any atom is -0.497 e. The zero-order valence-corrected chi connectivity index (χ0v) is 26.1. The van der Waals surface area contributed by atoms with Gasteiger partial charge in [-0.25, -0.2) is 4.79 Å². The lowest BCUT2D eigenvalue weighted by atomic mass is 9.47. The van der Waals surface area contributed by atoms with Crippen molar-refractivity contribution in [3.05, 3.63) is 47.6 Å². The Labute approximate surface area is 244 Å². The summed E-state index contributed by atoms with van der Waals surface area (Å²) < 4.78 is 11.3. The van der Waals surface area contributed by atoms with Gasteiger partial charge < -0.3 is 9.47 Å². The number of esters is 1. The number of carbonyl (C=O) groups is 1. The number of carbonyl (C=O) groups excluding carboxylic acids is 1. The zero-order chi connectivity index (χ0) is 28.5. The Bertz CT molecular complexity index is 1100. The van der Waals surface area contributed by atoms with Crippen molar-refractivity contribution in [1.29, 1.82) is 0 Å². The average molecular weight is 547 g/mol. The summed E-state index contributed by atoms with van der Waals surface area (Å²) in [5, 5.41) is 0. The van der Waals surface area contributed by atoms with Crippen LogP contribution in [0.4, 0.5) is 0 Å². The number of hydrogen-bond acceptors (Lipinski definition) is 3. The Morgan fingerprint density at radius 3 is 2.65 bits per heavy atom. The monoisotopic (exact) mass is 546 g/mol. The highest BCUT2D eigenvalue weighted by atomic mass is 16.5. The van der Waals surface area contributed by atoms with Crippen LogP contribution in [-0.2, 0) is 9.53 Å². The van der Waals surface area contributed by atoms with Crippen molar-refractivity contribution in [3.63, 3.8) is 0 Å². The van der Waals surface area contributed by atoms with Gasteiger partial charge in [0.25, 0.3) is 0 Å². The first-order chi connectivity index (χ1) is 19.1. The number of allylic oxidation sites excluding steroid dienone is 1. The van der Waals surface area contributed by atoms with Crippen LogP contribution in [0.3, 0.4) is 0 Å². The van der Waals surface area contributed by atoms with E-state index in [9.17, 15) is 4.79 Å². The first-order valence-electron chi connectivity index (χ1n) is 16.4. The molecule has 40 heavy (non-hydrogen) atoms. The molecule has 0 amide bonds. The lowest BCUT2D eigenvalue weighted by Crippen LogP contribution is -2.51. The van der Waals surface area contributed by atoms with Crippen molar-refractivity contribution in [2.75, 3.05) is 7.11 Å². The first kappa shape index (κ1) is 29.5. The molecule has 0 bridgehead atoms. The number of hydrogen-bond donors (Lipinski definition) is 0. The first-order valence-corrected chi connectivity index (χ1v) is 16.4. The van der Waals surface area contributed by atoms with Crippen LogP contribution in [-0.4, -0.2) is 19.2 Å². The van der Waals surface area contributed by atoms with Crippen LogP contribution in [0.2, 0.25) is 0 Å². The fourth-order valence-electron chi connectivity index (χ4n) is 9.87. The van der Waals surface area contributed by atoms with E-state index in [4.69, 9.17) is 9.47 Å². The lowest BCUT2D eigenvalue weighted by Gasteiger charge is -2.58. The van der Waals surface area contributed by atoms with Crippen LogP contribution in [0, 0.1) is 46.3 Å². The molecule has 0 aliphatic heterocycles. The van der Waals surface area contributed by atoms with Gasteiger partial charge in [-0.2, -0.15) is 0 Å². The molecule has 0 saturated heterocycles. The Balaban J connectivity index is 1.21. The molecule has 3 heteroatoms. The van der Waals surface area contributed by atoms with Gasteiger partial charge in [0, 0.05) is 12.5 Å². The van der Waals surface area contributed by atoms with E-state index in [0.717, 1.165) is 66.1 Å². The smallest absolute Gasteiger partial charge is 0.331 e. The molecule has 0 spiro atoms. The topological polar surface area (TPSA) is 35.5 Å². The summed E-state index contributed by atoms with van der Waals surface area (Å²) in [4.78, 5) is 12.7. The molecule has 0 radical (unpaired) electrons. The van der Waals surface area contributed by atoms with Gasteiger partial charge in [0.2, 0.25) is 0 Å². The molecule has 3 nitrogen and oxygen atoms in total. The van der Waals surface area contributed by atoms with Gasteiger partial charge >= 0.3 is 5.97 Å². The second-order valence-electron chi connectivity index (χ2n) is 14.7. The van der Waals surface area contributed by atoms with Gasteiger partial charge in [-0.1, -0.05) is 77.7 Å². The molecule has 3 fully saturated rings. The maximum Gasteiger partial charge on any atom is 0.331 e. The molecule has 0 unspecified atom stereocenters. The molecule has 1 aromatic rings. The van der Waals surface area contributed by atoms with Gasteiger partial charge in [-0.05, 0) is 115 Å². The van der Waals surface area contributed by atoms with Crippen molar-refractivity contribution >= 4 is 12.0 Å². The van der Waals surface area contributed by atoms with Crippen LogP contribution in [0.15, 0.2) is 42.0 Å². The Hall–Kier alpha value is -2.03. The highest BCUT2D eigenvalue weighted by Gasteiger charge is 2.59. The quantitative estimate of drug-likeness (QED) is 0.176. The van der Waals surface area contributed by atoms with E-state index in [-0.39, 0.29) is 17.5 Å². The Morgan fingerprint density at radius 2 is 1.88 bits per heavy atom. The van der Waals surface area contributed by atoms with Gasteiger partial charge in [0.1, 0.15) is 11.9 Å². The maximum atomic E-state index is 12.7. The molecule has 0 aromatic heterocycles. The molecule has 5 rings (SSSR count). The van der Waals surface area contributed by atoms with Gasteiger partial charge in [0.05, 0.1) is 7.11 Å². The van der Waals surface area contributed by atoms with E-state index < -0.39 is 0 Å². The van der Waals surface area contributed by atoms with E-state index in [2.05, 4.69) is 40.7 Å². The van der Waals surface area contributed by atoms with Gasteiger partial charge in [0.15, 0.2) is 0 Å². The van der Waals surface area contributed by atoms with Crippen LogP contribution >= 0.6 is 0 Å². The minimum atomic E-state index is -0.237. The summed E-state index contributed by atoms with van der Waals surface area (Å²) in [5.74, 6) is 5.66. The van der Waals surface area contributed by atoms with Crippen molar-refractivity contribution in [2.24, 2.45) is 46.3 Å². The SMILES string of the molecule is COc1cccc(/C=C/C(=O)O[C@H]2CC[C@@]3(C)C(=CC[C@H]4[C@@H]5CC[C@H]([C@H](C)CCCC(C)C)[C@@]5(C)CC[C@@H]43)C2)c1. The number of rotatable bonds is 9. The van der Waals surface area contributed by atoms with Gasteiger partial charge in [-0.3, -0.25) is 0 Å². The Kier molecular flexibility index (Phi) is 8.89. The lowest BCUT2D eigenvalue weighted by molar-refractivity contribution is -0.145. The van der Waals surface area contributed by atoms with Crippen molar-refractivity contribution in [1.82, 2.24) is 0 Å². The summed E-state index contributed by atoms with van der Waals surface area (Å²) in [6.07, 6.45) is 20.1. The molecule has 0 N–H and O–H groups in total. The molecular weight excluding hydrogens is 492 g/mol. The normalized spacial score (nSPS) is 36.0. The predicted octanol–water partition coefficient (Wildman–Crippen LogP) is 9.66. The molecular formula is C37H54O3. The van der Waals surface area contributed by atoms with Gasteiger partial charge in [-0.15, -0.1) is 0 Å². The third kappa shape index (κ3) is 5.82. The highest BCUT2D eigenvalue weighted by molar-refractivity contribution is 5.87. The largest absolute Gasteiger partial charge is 0.497 e. The molecule has 3 saturated carbocycles. The van der Waals surface area contributed by atoms with Crippen molar-refractivity contribution in [2.45, 2.75) is 111 Å². The minimum absolute atomic E-state index is 0.00487. The zero-order valence-electron chi connectivity index (χ0n) is 26.1. The second kappa shape index (κ2) is 12.1. The van der Waals surface area contributed by atoms with E-state index >= 15 is 0 Å². The molecule has 8 atom stereocenters. The number of fused-ring (bicyclic) bond motifs is 5. The number of ether oxygens (including phenoxy) is 2. The number of benzene rings is 1. The van der Waals surface area contributed by atoms with Crippen LogP contribution < -0.4 is 4.74 Å². The molecule has 0 heterocycles. The standard InChI is InChI=1S/C37H54O3/c1-25(2)9-7-10-26(3)32-16-17-33-31-15-14-28-24-30(19-21-36(28,4)34(31)20-22-37(32,33)5)40-35(38)18-13-27-11-8-12-29(23-27)39-6/h8,11-14,18,23,25-26,30-34H,7,9-10,15-17,19-22,24H2,1-6H3/b18-13+/t26-,30+,31+,32-,33+,34+,36+,37-/m1/s1. The molecule has 220 valence electrons. The third-order valence-corrected chi connectivity index (χ3v) is 12.0. The highest BCUT2D eigenvalue weighted by Crippen LogP contribution is 2.67. The van der Waals surface area contributed by atoms with Crippen LogP contribution in [0.5, 0.6) is 5.75 Å². The average Bonchev–Trinajstić information content (AvgIpc) is 3.29. The summed E-state index contributed by atoms with van der Waals surface area (Å²) in [6.45, 7) is 12.5. The van der Waals surface area contributed by atoms with E-state index in [1.807, 2.05) is 30.3 Å². The summed E-state index contributed by atoms with van der Waals surface area (Å²) in [7, 11) is 1.66. The number of methoxy groups -OCH3 is 1. The van der Waals surface area contributed by atoms with Crippen LogP contribution in [0.25, 0.3) is 6.08 Å². The summed E-state index contributed by atoms with van der Waals surface area (Å²) in [6, 6.07) is 7.73. The fourth-order valence-corrected chi connectivity index (χ4v) is 9.87. The summed E-state index contributed by atoms with van der Waals surface area (Å²) >= 11 is 0. The second-order valence-corrected chi connectivity index (χ2v) is 14.7. The maximum absolute atomic E-state index is 12.7. The van der Waals surface area contributed by atoms with E-state index in [1.54, 1.807) is 18.8 Å². The van der Waals surface area contributed by atoms with Crippen molar-refractivity contribution in [3.8, 4) is 5.75 Å². The summed E-state index contributed by atoms with van der Waals surface area (Å²) in [5.41, 5.74) is 3.33. The molecule has 4 aliphatic rings. The predicted molar refractivity (Wildman–Crippen MR) is 165 cm³/mol. The molecule has 4 aliphatic carbocycles. The molecule has 1 aromatic carbocycles. The van der Waals surface area contributed by atoms with Crippen molar-refractivity contribution < 1.29 is 14.3 Å². The fraction of sp³-hybridized carbons (Fsp3) is 0.703. The van der Waals surface area contributed by atoms with Crippen LogP contribution in [0.1, 0.15) is 111 Å². The third-order valence-electron chi connectivity index (χ3n) is 12.0. The van der Waals surface area contributed by atoms with E-state index in [0.29, 0.717) is 5.41 Å². The Morgan fingerprint density at radius 1 is 1.05 bits per heavy atom. The van der Waals surface area contributed by atoms with E-state index in [1.165, 1.54) is 51.4 Å².